The molecule has 31 heavy (non-hydrogen) atoms. The van der Waals surface area contributed by atoms with Gasteiger partial charge >= 0.3 is 0 Å². The third kappa shape index (κ3) is 4.84. The number of rotatable bonds is 5. The van der Waals surface area contributed by atoms with E-state index in [1.807, 2.05) is 24.3 Å². The molecule has 3 heterocycles. The first kappa shape index (κ1) is 21.2. The Labute approximate surface area is 185 Å². The fraction of sp³-hybridized carbons (Fsp3) is 0.190. The maximum Gasteiger partial charge on any atom is 0.248 e. The standard InChI is InChI=1S/C21H21ClN6O2S/c1-21(2,3)27-31(29,30)16-7-4-6-14(12-16)17-8-5-9-19-25-20(26-28(17)19)24-18-11-10-15(22)13-23-18/h4-13,27H,1-3H3,(H,23,24,26). The van der Waals surface area contributed by atoms with Crippen LogP contribution in [-0.2, 0) is 10.0 Å². The van der Waals surface area contributed by atoms with Gasteiger partial charge in [-0.2, -0.15) is 4.98 Å². The SMILES string of the molecule is CC(C)(C)NS(=O)(=O)c1cccc(-c2cccc3nc(Nc4ccc(Cl)cn4)nn23)c1. The Bertz CT molecular complexity index is 1340. The zero-order chi connectivity index (χ0) is 22.2. The molecule has 0 unspecified atom stereocenters. The minimum atomic E-state index is -3.67. The second-order valence-electron chi connectivity index (χ2n) is 7.99. The summed E-state index contributed by atoms with van der Waals surface area (Å²) in [5, 5.41) is 8.09. The van der Waals surface area contributed by atoms with E-state index in [0.717, 1.165) is 0 Å². The molecular weight excluding hydrogens is 436 g/mol. The smallest absolute Gasteiger partial charge is 0.248 e. The maximum atomic E-state index is 12.8. The van der Waals surface area contributed by atoms with Crippen LogP contribution < -0.4 is 10.0 Å². The van der Waals surface area contributed by atoms with Gasteiger partial charge in [-0.3, -0.25) is 0 Å². The van der Waals surface area contributed by atoms with E-state index in [9.17, 15) is 8.42 Å². The molecule has 4 aromatic rings. The summed E-state index contributed by atoms with van der Waals surface area (Å²) in [7, 11) is -3.67. The molecule has 0 saturated carbocycles. The Kier molecular flexibility index (Phi) is 5.42. The lowest BCUT2D eigenvalue weighted by atomic mass is 10.1. The van der Waals surface area contributed by atoms with Gasteiger partial charge in [-0.15, -0.1) is 5.10 Å². The molecule has 0 amide bonds. The van der Waals surface area contributed by atoms with E-state index in [-0.39, 0.29) is 4.90 Å². The van der Waals surface area contributed by atoms with Crippen molar-refractivity contribution in [2.75, 3.05) is 5.32 Å². The molecule has 0 bridgehead atoms. The zero-order valence-electron chi connectivity index (χ0n) is 17.2. The number of fused-ring (bicyclic) bond motifs is 1. The van der Waals surface area contributed by atoms with Crippen molar-refractivity contribution in [2.24, 2.45) is 0 Å². The number of aromatic nitrogens is 4. The van der Waals surface area contributed by atoms with Gasteiger partial charge < -0.3 is 5.32 Å². The lowest BCUT2D eigenvalue weighted by Gasteiger charge is -2.20. The summed E-state index contributed by atoms with van der Waals surface area (Å²) in [6.07, 6.45) is 1.53. The van der Waals surface area contributed by atoms with Crippen LogP contribution in [0, 0.1) is 0 Å². The molecule has 3 aromatic heterocycles. The zero-order valence-corrected chi connectivity index (χ0v) is 18.7. The van der Waals surface area contributed by atoms with Gasteiger partial charge in [0.05, 0.1) is 15.6 Å². The monoisotopic (exact) mass is 456 g/mol. The minimum Gasteiger partial charge on any atom is -0.307 e. The Morgan fingerprint density at radius 1 is 1.03 bits per heavy atom. The number of nitrogens with one attached hydrogen (secondary N) is 2. The minimum absolute atomic E-state index is 0.181. The molecule has 0 saturated heterocycles. The average Bonchev–Trinajstić information content (AvgIpc) is 3.10. The molecule has 1 aromatic carbocycles. The molecule has 0 fully saturated rings. The second-order valence-corrected chi connectivity index (χ2v) is 10.1. The van der Waals surface area contributed by atoms with Gasteiger partial charge in [-0.05, 0) is 57.2 Å². The fourth-order valence-electron chi connectivity index (χ4n) is 3.03. The van der Waals surface area contributed by atoms with Crippen LogP contribution >= 0.6 is 11.6 Å². The van der Waals surface area contributed by atoms with Crippen molar-refractivity contribution < 1.29 is 8.42 Å². The maximum absolute atomic E-state index is 12.8. The van der Waals surface area contributed by atoms with Crippen LogP contribution in [-0.4, -0.2) is 33.5 Å². The summed E-state index contributed by atoms with van der Waals surface area (Å²) in [4.78, 5) is 8.84. The van der Waals surface area contributed by atoms with E-state index < -0.39 is 15.6 Å². The van der Waals surface area contributed by atoms with Crippen molar-refractivity contribution >= 4 is 39.0 Å². The second kappa shape index (κ2) is 7.92. The van der Waals surface area contributed by atoms with E-state index in [1.165, 1.54) is 6.20 Å². The van der Waals surface area contributed by atoms with Gasteiger partial charge in [-0.1, -0.05) is 29.8 Å². The topological polar surface area (TPSA) is 101 Å². The van der Waals surface area contributed by atoms with Crippen LogP contribution in [0.4, 0.5) is 11.8 Å². The normalized spacial score (nSPS) is 12.3. The number of pyridine rings is 2. The summed E-state index contributed by atoms with van der Waals surface area (Å²) in [5.74, 6) is 0.920. The van der Waals surface area contributed by atoms with Crippen molar-refractivity contribution in [3.05, 3.63) is 65.8 Å². The highest BCUT2D eigenvalue weighted by molar-refractivity contribution is 7.89. The summed E-state index contributed by atoms with van der Waals surface area (Å²) in [5.41, 5.74) is 1.42. The summed E-state index contributed by atoms with van der Waals surface area (Å²) >= 11 is 5.87. The first-order valence-corrected chi connectivity index (χ1v) is 11.4. The first-order chi connectivity index (χ1) is 14.6. The van der Waals surface area contributed by atoms with Crippen LogP contribution in [0.1, 0.15) is 20.8 Å². The summed E-state index contributed by atoms with van der Waals surface area (Å²) < 4.78 is 29.8. The van der Waals surface area contributed by atoms with Crippen LogP contribution in [0.25, 0.3) is 16.9 Å². The predicted octanol–water partition coefficient (Wildman–Crippen LogP) is 4.27. The first-order valence-electron chi connectivity index (χ1n) is 9.50. The van der Waals surface area contributed by atoms with Gasteiger partial charge in [0.1, 0.15) is 5.82 Å². The number of benzene rings is 1. The number of hydrogen-bond donors (Lipinski definition) is 2. The number of halogens is 1. The van der Waals surface area contributed by atoms with Gasteiger partial charge in [0.2, 0.25) is 16.0 Å². The molecule has 0 aliphatic rings. The fourth-order valence-corrected chi connectivity index (χ4v) is 4.60. The van der Waals surface area contributed by atoms with Crippen molar-refractivity contribution in [3.8, 4) is 11.3 Å². The van der Waals surface area contributed by atoms with E-state index >= 15 is 0 Å². The van der Waals surface area contributed by atoms with Crippen molar-refractivity contribution in [1.82, 2.24) is 24.3 Å². The largest absolute Gasteiger partial charge is 0.307 e. The molecular formula is C21H21ClN6O2S. The molecule has 160 valence electrons. The molecule has 0 spiro atoms. The molecule has 0 atom stereocenters. The third-order valence-corrected chi connectivity index (χ3v) is 6.19. The summed E-state index contributed by atoms with van der Waals surface area (Å²) in [6, 6.07) is 15.7. The van der Waals surface area contributed by atoms with E-state index in [1.54, 1.807) is 55.6 Å². The van der Waals surface area contributed by atoms with Crippen LogP contribution in [0.5, 0.6) is 0 Å². The van der Waals surface area contributed by atoms with Crippen molar-refractivity contribution in [1.29, 1.82) is 0 Å². The van der Waals surface area contributed by atoms with Crippen LogP contribution in [0.15, 0.2) is 65.7 Å². The van der Waals surface area contributed by atoms with Gasteiger partial charge in [0, 0.05) is 17.3 Å². The third-order valence-electron chi connectivity index (χ3n) is 4.21. The van der Waals surface area contributed by atoms with E-state index in [0.29, 0.717) is 33.7 Å². The average molecular weight is 457 g/mol. The molecule has 0 aliphatic carbocycles. The van der Waals surface area contributed by atoms with Gasteiger partial charge in [-0.25, -0.2) is 22.6 Å². The highest BCUT2D eigenvalue weighted by Crippen LogP contribution is 2.25. The number of nitrogens with zero attached hydrogens (tertiary/aromatic N) is 4. The number of anilines is 2. The Morgan fingerprint density at radius 3 is 2.52 bits per heavy atom. The molecule has 4 rings (SSSR count). The Hall–Kier alpha value is -3.01. The van der Waals surface area contributed by atoms with Crippen molar-refractivity contribution in [3.63, 3.8) is 0 Å². The summed E-state index contributed by atoms with van der Waals surface area (Å²) in [6.45, 7) is 5.40. The van der Waals surface area contributed by atoms with Crippen LogP contribution in [0.3, 0.4) is 0 Å². The van der Waals surface area contributed by atoms with Crippen LogP contribution in [0.2, 0.25) is 5.02 Å². The highest BCUT2D eigenvalue weighted by atomic mass is 35.5. The number of hydrogen-bond acceptors (Lipinski definition) is 6. The highest BCUT2D eigenvalue weighted by Gasteiger charge is 2.22. The molecule has 0 aliphatic heterocycles. The molecule has 8 nitrogen and oxygen atoms in total. The molecule has 0 radical (unpaired) electrons. The lowest BCUT2D eigenvalue weighted by Crippen LogP contribution is -2.40. The van der Waals surface area contributed by atoms with Crippen molar-refractivity contribution in [2.45, 2.75) is 31.2 Å². The molecule has 2 N–H and O–H groups in total. The van der Waals surface area contributed by atoms with Gasteiger partial charge in [0.25, 0.3) is 0 Å². The quantitative estimate of drug-likeness (QED) is 0.465. The van der Waals surface area contributed by atoms with Gasteiger partial charge in [0.15, 0.2) is 5.65 Å². The molecule has 10 heteroatoms. The number of sulfonamides is 1. The van der Waals surface area contributed by atoms with E-state index in [2.05, 4.69) is 25.1 Å². The lowest BCUT2D eigenvalue weighted by molar-refractivity contribution is 0.491. The Balaban J connectivity index is 1.72. The van der Waals surface area contributed by atoms with E-state index in [4.69, 9.17) is 11.6 Å². The predicted molar refractivity (Wildman–Crippen MR) is 121 cm³/mol. The Morgan fingerprint density at radius 2 is 1.81 bits per heavy atom.